The van der Waals surface area contributed by atoms with E-state index in [9.17, 15) is 9.59 Å². The zero-order valence-electron chi connectivity index (χ0n) is 22.3. The fourth-order valence-electron chi connectivity index (χ4n) is 4.15. The van der Waals surface area contributed by atoms with Crippen molar-refractivity contribution in [2.24, 2.45) is 0 Å². The Bertz CT molecular complexity index is 1160. The highest BCUT2D eigenvalue weighted by Crippen LogP contribution is 2.29. The number of halogens is 1. The van der Waals surface area contributed by atoms with Crippen LogP contribution in [0.15, 0.2) is 71.2 Å². The fourth-order valence-corrected chi connectivity index (χ4v) is 4.42. The van der Waals surface area contributed by atoms with Crippen molar-refractivity contribution in [3.8, 4) is 17.2 Å². The number of benzene rings is 3. The van der Waals surface area contributed by atoms with Crippen LogP contribution >= 0.6 is 15.9 Å². The van der Waals surface area contributed by atoms with Crippen LogP contribution in [0.25, 0.3) is 0 Å². The van der Waals surface area contributed by atoms with Crippen molar-refractivity contribution in [1.29, 1.82) is 0 Å². The summed E-state index contributed by atoms with van der Waals surface area (Å²) in [5.41, 5.74) is 1.94. The van der Waals surface area contributed by atoms with E-state index in [1.54, 1.807) is 30.3 Å². The van der Waals surface area contributed by atoms with E-state index in [4.69, 9.17) is 14.2 Å². The van der Waals surface area contributed by atoms with Gasteiger partial charge in [-0.1, -0.05) is 86.4 Å². The Labute approximate surface area is 234 Å². The van der Waals surface area contributed by atoms with Crippen molar-refractivity contribution in [3.63, 3.8) is 0 Å². The zero-order valence-corrected chi connectivity index (χ0v) is 23.9. The summed E-state index contributed by atoms with van der Waals surface area (Å²) in [4.78, 5) is 25.2. The number of esters is 2. The molecule has 0 aliphatic rings. The van der Waals surface area contributed by atoms with Crippen LogP contribution in [0.5, 0.6) is 17.2 Å². The first-order valence-electron chi connectivity index (χ1n) is 13.5. The smallest absolute Gasteiger partial charge is 0.343 e. The van der Waals surface area contributed by atoms with Gasteiger partial charge in [0, 0.05) is 4.47 Å². The van der Waals surface area contributed by atoms with Gasteiger partial charge in [-0.2, -0.15) is 0 Å². The predicted molar refractivity (Wildman–Crippen MR) is 154 cm³/mol. The van der Waals surface area contributed by atoms with Crippen molar-refractivity contribution in [2.45, 2.75) is 71.1 Å². The van der Waals surface area contributed by atoms with Crippen LogP contribution in [0.3, 0.4) is 0 Å². The number of hydrogen-bond acceptors (Lipinski definition) is 5. The molecule has 0 aliphatic carbocycles. The monoisotopic (exact) mass is 580 g/mol. The van der Waals surface area contributed by atoms with Gasteiger partial charge < -0.3 is 14.2 Å². The third-order valence-electron chi connectivity index (χ3n) is 6.38. The average molecular weight is 582 g/mol. The highest BCUT2D eigenvalue weighted by molar-refractivity contribution is 9.10. The minimum absolute atomic E-state index is 0.220. The lowest BCUT2D eigenvalue weighted by molar-refractivity contribution is 0.0728. The Balaban J connectivity index is 1.46. The van der Waals surface area contributed by atoms with Crippen molar-refractivity contribution in [3.05, 3.63) is 87.9 Å². The standard InChI is InChI=1S/C32H37BrO5/c1-3-4-5-6-7-8-9-10-11-12-24-13-20-28(21-14-24)37-32(35)26-17-22-29(30(23-26)36-2)38-31(34)25-15-18-27(33)19-16-25/h13-23H,3-12H2,1-2H3. The molecule has 0 spiro atoms. The number of carbonyl (C=O) groups is 2. The lowest BCUT2D eigenvalue weighted by Crippen LogP contribution is -2.11. The summed E-state index contributed by atoms with van der Waals surface area (Å²) in [6.07, 6.45) is 12.8. The molecule has 202 valence electrons. The Morgan fingerprint density at radius 2 is 1.24 bits per heavy atom. The van der Waals surface area contributed by atoms with Crippen LogP contribution in [-0.2, 0) is 6.42 Å². The van der Waals surface area contributed by atoms with Gasteiger partial charge in [-0.3, -0.25) is 0 Å². The van der Waals surface area contributed by atoms with Gasteiger partial charge in [-0.05, 0) is 73.0 Å². The molecule has 0 saturated carbocycles. The maximum Gasteiger partial charge on any atom is 0.343 e. The van der Waals surface area contributed by atoms with E-state index >= 15 is 0 Å². The maximum absolute atomic E-state index is 12.7. The largest absolute Gasteiger partial charge is 0.493 e. The van der Waals surface area contributed by atoms with Crippen molar-refractivity contribution in [2.75, 3.05) is 7.11 Å². The number of aryl methyl sites for hydroxylation is 1. The number of hydrogen-bond donors (Lipinski definition) is 0. The molecule has 0 radical (unpaired) electrons. The minimum Gasteiger partial charge on any atom is -0.493 e. The first kappa shape index (κ1) is 29.4. The Morgan fingerprint density at radius 3 is 1.87 bits per heavy atom. The topological polar surface area (TPSA) is 61.8 Å². The lowest BCUT2D eigenvalue weighted by Gasteiger charge is -2.11. The van der Waals surface area contributed by atoms with E-state index < -0.39 is 11.9 Å². The highest BCUT2D eigenvalue weighted by atomic mass is 79.9. The first-order valence-corrected chi connectivity index (χ1v) is 14.3. The van der Waals surface area contributed by atoms with E-state index in [2.05, 4.69) is 22.9 Å². The molecule has 5 nitrogen and oxygen atoms in total. The third-order valence-corrected chi connectivity index (χ3v) is 6.91. The Hall–Kier alpha value is -3.12. The van der Waals surface area contributed by atoms with Gasteiger partial charge in [-0.15, -0.1) is 0 Å². The summed E-state index contributed by atoms with van der Waals surface area (Å²) in [5.74, 6) is -0.0658. The molecule has 0 aromatic heterocycles. The SMILES string of the molecule is CCCCCCCCCCCc1ccc(OC(=O)c2ccc(OC(=O)c3ccc(Br)cc3)c(OC)c2)cc1. The van der Waals surface area contributed by atoms with Crippen molar-refractivity contribution >= 4 is 27.9 Å². The van der Waals surface area contributed by atoms with Crippen LogP contribution in [0.1, 0.15) is 91.0 Å². The van der Waals surface area contributed by atoms with Crippen LogP contribution in [0.4, 0.5) is 0 Å². The number of methoxy groups -OCH3 is 1. The molecule has 0 unspecified atom stereocenters. The van der Waals surface area contributed by atoms with E-state index in [1.807, 2.05) is 24.3 Å². The summed E-state index contributed by atoms with van der Waals surface area (Å²) in [6, 6.07) is 19.1. The molecule has 6 heteroatoms. The van der Waals surface area contributed by atoms with E-state index in [-0.39, 0.29) is 11.5 Å². The average Bonchev–Trinajstić information content (AvgIpc) is 2.93. The zero-order chi connectivity index (χ0) is 27.2. The second-order valence-corrected chi connectivity index (χ2v) is 10.3. The number of rotatable bonds is 15. The van der Waals surface area contributed by atoms with Crippen LogP contribution in [0.2, 0.25) is 0 Å². The number of ether oxygens (including phenoxy) is 3. The van der Waals surface area contributed by atoms with Crippen molar-refractivity contribution in [1.82, 2.24) is 0 Å². The molecule has 3 rings (SSSR count). The lowest BCUT2D eigenvalue weighted by atomic mass is 10.0. The van der Waals surface area contributed by atoms with Gasteiger partial charge in [0.25, 0.3) is 0 Å². The fraction of sp³-hybridized carbons (Fsp3) is 0.375. The number of carbonyl (C=O) groups excluding carboxylic acids is 2. The highest BCUT2D eigenvalue weighted by Gasteiger charge is 2.16. The molecule has 3 aromatic carbocycles. The normalized spacial score (nSPS) is 10.7. The summed E-state index contributed by atoms with van der Waals surface area (Å²) >= 11 is 3.34. The molecule has 0 aliphatic heterocycles. The molecule has 0 fully saturated rings. The summed E-state index contributed by atoms with van der Waals surface area (Å²) in [7, 11) is 1.45. The summed E-state index contributed by atoms with van der Waals surface area (Å²) in [5, 5.41) is 0. The van der Waals surface area contributed by atoms with Crippen LogP contribution in [0, 0.1) is 0 Å². The maximum atomic E-state index is 12.7. The quantitative estimate of drug-likeness (QED) is 0.102. The minimum atomic E-state index is -0.520. The van der Waals surface area contributed by atoms with Gasteiger partial charge >= 0.3 is 11.9 Å². The molecule has 38 heavy (non-hydrogen) atoms. The molecule has 0 heterocycles. The van der Waals surface area contributed by atoms with Gasteiger partial charge in [0.15, 0.2) is 11.5 Å². The molecular formula is C32H37BrO5. The third kappa shape index (κ3) is 9.64. The summed E-state index contributed by atoms with van der Waals surface area (Å²) < 4.78 is 17.2. The second-order valence-electron chi connectivity index (χ2n) is 9.37. The Kier molecular flexibility index (Phi) is 12.4. The molecular weight excluding hydrogens is 544 g/mol. The van der Waals surface area contributed by atoms with E-state index in [0.717, 1.165) is 10.9 Å². The Morgan fingerprint density at radius 1 is 0.658 bits per heavy atom. The van der Waals surface area contributed by atoms with Gasteiger partial charge in [0.2, 0.25) is 0 Å². The van der Waals surface area contributed by atoms with E-state index in [0.29, 0.717) is 16.9 Å². The van der Waals surface area contributed by atoms with Gasteiger partial charge in [-0.25, -0.2) is 9.59 Å². The van der Waals surface area contributed by atoms with Gasteiger partial charge in [0.1, 0.15) is 5.75 Å². The van der Waals surface area contributed by atoms with E-state index in [1.165, 1.54) is 82.6 Å². The summed E-state index contributed by atoms with van der Waals surface area (Å²) in [6.45, 7) is 2.25. The molecule has 0 saturated heterocycles. The molecule has 0 atom stereocenters. The first-order chi connectivity index (χ1) is 18.5. The molecule has 0 amide bonds. The molecule has 0 N–H and O–H groups in total. The molecule has 3 aromatic rings. The molecule has 0 bridgehead atoms. The van der Waals surface area contributed by atoms with Gasteiger partial charge in [0.05, 0.1) is 18.2 Å². The number of unbranched alkanes of at least 4 members (excludes halogenated alkanes) is 8. The van der Waals surface area contributed by atoms with Crippen LogP contribution in [-0.4, -0.2) is 19.0 Å². The predicted octanol–water partition coefficient (Wildman–Crippen LogP) is 8.97. The van der Waals surface area contributed by atoms with Crippen molar-refractivity contribution < 1.29 is 23.8 Å². The van der Waals surface area contributed by atoms with Crippen LogP contribution < -0.4 is 14.2 Å². The second kappa shape index (κ2) is 16.0.